The van der Waals surface area contributed by atoms with Crippen molar-refractivity contribution in [1.29, 1.82) is 5.41 Å². The minimum Gasteiger partial charge on any atom is -0.398 e. The highest BCUT2D eigenvalue weighted by Crippen LogP contribution is 2.30. The number of hydrogen-bond donors (Lipinski definition) is 2. The fraction of sp³-hybridized carbons (Fsp3) is 0.364. The summed E-state index contributed by atoms with van der Waals surface area (Å²) in [4.78, 5) is 13.5. The molecule has 1 aliphatic carbocycles. The van der Waals surface area contributed by atoms with Crippen LogP contribution >= 0.6 is 0 Å². The first kappa shape index (κ1) is 19.6. The van der Waals surface area contributed by atoms with Gasteiger partial charge in [0.05, 0.1) is 17.6 Å². The number of nitrogen functional groups attached to an aromatic ring is 1. The summed E-state index contributed by atoms with van der Waals surface area (Å²) in [6.45, 7) is 3.87. The molecule has 31 heavy (non-hydrogen) atoms. The number of piperazine rings is 1. The molecule has 5 rings (SSSR count). The van der Waals surface area contributed by atoms with E-state index in [1.807, 2.05) is 6.07 Å². The average Bonchev–Trinajstić information content (AvgIpc) is 3.54. The van der Waals surface area contributed by atoms with Gasteiger partial charge in [-0.15, -0.1) is 0 Å². The molecule has 3 N–H and O–H groups in total. The van der Waals surface area contributed by atoms with Gasteiger partial charge in [-0.2, -0.15) is 5.10 Å². The molecule has 0 radical (unpaired) electrons. The smallest absolute Gasteiger partial charge is 0.133 e. The van der Waals surface area contributed by atoms with Gasteiger partial charge >= 0.3 is 0 Å². The predicted molar refractivity (Wildman–Crippen MR) is 118 cm³/mol. The molecule has 1 aromatic carbocycles. The van der Waals surface area contributed by atoms with Crippen LogP contribution in [0.2, 0.25) is 0 Å². The monoisotopic (exact) mass is 420 g/mol. The summed E-state index contributed by atoms with van der Waals surface area (Å²) < 4.78 is 16.2. The van der Waals surface area contributed by atoms with Crippen molar-refractivity contribution in [3.8, 4) is 11.1 Å². The first-order valence-electron chi connectivity index (χ1n) is 10.5. The van der Waals surface area contributed by atoms with Crippen LogP contribution < -0.4 is 10.6 Å². The number of rotatable bonds is 5. The Bertz CT molecular complexity index is 1130. The molecule has 0 atom stereocenters. The molecule has 1 saturated heterocycles. The Balaban J connectivity index is 1.41. The fourth-order valence-corrected chi connectivity index (χ4v) is 4.14. The summed E-state index contributed by atoms with van der Waals surface area (Å²) >= 11 is 0. The molecule has 2 fully saturated rings. The Morgan fingerprint density at radius 2 is 1.90 bits per heavy atom. The minimum absolute atomic E-state index is 0.142. The van der Waals surface area contributed by atoms with Crippen LogP contribution in [0.1, 0.15) is 24.1 Å². The highest BCUT2D eigenvalue weighted by Gasteiger charge is 2.31. The third kappa shape index (κ3) is 3.88. The van der Waals surface area contributed by atoms with Crippen molar-refractivity contribution >= 4 is 17.2 Å². The van der Waals surface area contributed by atoms with Crippen LogP contribution in [0.4, 0.5) is 15.9 Å². The number of nitrogens with one attached hydrogen (secondary N) is 1. The van der Waals surface area contributed by atoms with Crippen molar-refractivity contribution in [2.75, 3.05) is 36.8 Å². The van der Waals surface area contributed by atoms with Crippen molar-refractivity contribution in [2.24, 2.45) is 7.05 Å². The maximum atomic E-state index is 14.6. The normalized spacial score (nSPS) is 17.2. The summed E-state index contributed by atoms with van der Waals surface area (Å²) in [6, 6.07) is 5.44. The van der Waals surface area contributed by atoms with E-state index in [9.17, 15) is 4.39 Å². The third-order valence-corrected chi connectivity index (χ3v) is 6.03. The van der Waals surface area contributed by atoms with Gasteiger partial charge in [0.1, 0.15) is 18.0 Å². The topological polar surface area (TPSA) is 100.0 Å². The van der Waals surface area contributed by atoms with Crippen LogP contribution in [0.3, 0.4) is 0 Å². The lowest BCUT2D eigenvalue weighted by molar-refractivity contribution is 0.247. The lowest BCUT2D eigenvalue weighted by Crippen LogP contribution is -2.47. The van der Waals surface area contributed by atoms with E-state index in [1.54, 1.807) is 30.2 Å². The van der Waals surface area contributed by atoms with Gasteiger partial charge in [0, 0.05) is 73.9 Å². The highest BCUT2D eigenvalue weighted by molar-refractivity contribution is 6.13. The second-order valence-corrected chi connectivity index (χ2v) is 8.21. The van der Waals surface area contributed by atoms with E-state index in [2.05, 4.69) is 24.9 Å². The van der Waals surface area contributed by atoms with Gasteiger partial charge < -0.3 is 10.6 Å². The molecular weight excluding hydrogens is 395 g/mol. The number of nitrogens with zero attached hydrogens (tertiary/aromatic N) is 6. The zero-order valence-electron chi connectivity index (χ0n) is 17.4. The quantitative estimate of drug-likeness (QED) is 0.485. The first-order chi connectivity index (χ1) is 15.0. The number of hydrogen-bond acceptors (Lipinski definition) is 7. The number of anilines is 2. The molecule has 2 aliphatic rings. The van der Waals surface area contributed by atoms with Crippen molar-refractivity contribution in [2.45, 2.75) is 18.9 Å². The second kappa shape index (κ2) is 7.73. The van der Waals surface area contributed by atoms with Crippen LogP contribution in [0, 0.1) is 11.2 Å². The molecule has 160 valence electrons. The number of benzene rings is 1. The Kier molecular flexibility index (Phi) is 4.90. The predicted octanol–water partition coefficient (Wildman–Crippen LogP) is 2.30. The van der Waals surface area contributed by atoms with E-state index in [-0.39, 0.29) is 11.4 Å². The Morgan fingerprint density at radius 3 is 2.58 bits per heavy atom. The molecule has 0 unspecified atom stereocenters. The summed E-state index contributed by atoms with van der Waals surface area (Å²) in [5.41, 5.74) is 8.31. The summed E-state index contributed by atoms with van der Waals surface area (Å²) in [7, 11) is 1.77. The van der Waals surface area contributed by atoms with Gasteiger partial charge in [-0.05, 0) is 25.0 Å². The molecule has 0 amide bonds. The van der Waals surface area contributed by atoms with Crippen LogP contribution in [-0.4, -0.2) is 62.6 Å². The number of halogens is 1. The van der Waals surface area contributed by atoms with E-state index in [0.29, 0.717) is 22.4 Å². The lowest BCUT2D eigenvalue weighted by Gasteiger charge is -2.35. The van der Waals surface area contributed by atoms with Crippen LogP contribution in [0.5, 0.6) is 0 Å². The van der Waals surface area contributed by atoms with Gasteiger partial charge in [-0.3, -0.25) is 15.0 Å². The van der Waals surface area contributed by atoms with Gasteiger partial charge in [-0.25, -0.2) is 14.4 Å². The molecule has 1 saturated carbocycles. The Morgan fingerprint density at radius 1 is 1.13 bits per heavy atom. The molecule has 9 heteroatoms. The fourth-order valence-electron chi connectivity index (χ4n) is 4.14. The standard InChI is InChI=1S/C22H25FN8/c1-29-12-14(11-28-29)16-8-17(19(24)9-18(16)23)22(25)20-10-21(27-13-26-20)31-6-4-30(5-7-31)15-2-3-15/h8-13,15,25H,2-7,24H2,1H3. The summed E-state index contributed by atoms with van der Waals surface area (Å²) in [5, 5.41) is 12.8. The maximum Gasteiger partial charge on any atom is 0.133 e. The van der Waals surface area contributed by atoms with Crippen molar-refractivity contribution < 1.29 is 4.39 Å². The highest BCUT2D eigenvalue weighted by atomic mass is 19.1. The molecule has 8 nitrogen and oxygen atoms in total. The van der Waals surface area contributed by atoms with Crippen LogP contribution in [0.15, 0.2) is 36.9 Å². The molecule has 3 aromatic rings. The largest absolute Gasteiger partial charge is 0.398 e. The lowest BCUT2D eigenvalue weighted by atomic mass is 9.99. The number of nitrogens with two attached hydrogens (primary N) is 1. The third-order valence-electron chi connectivity index (χ3n) is 6.03. The molecule has 3 heterocycles. The summed E-state index contributed by atoms with van der Waals surface area (Å²) in [6.07, 6.45) is 7.43. The minimum atomic E-state index is -0.445. The van der Waals surface area contributed by atoms with Gasteiger partial charge in [-0.1, -0.05) is 0 Å². The van der Waals surface area contributed by atoms with Crippen molar-refractivity contribution in [1.82, 2.24) is 24.6 Å². The summed E-state index contributed by atoms with van der Waals surface area (Å²) in [5.74, 6) is 0.359. The number of aryl methyl sites for hydroxylation is 1. The van der Waals surface area contributed by atoms with Crippen LogP contribution in [0.25, 0.3) is 11.1 Å². The first-order valence-corrected chi connectivity index (χ1v) is 10.5. The Hall–Kier alpha value is -3.33. The average molecular weight is 420 g/mol. The molecule has 0 spiro atoms. The maximum absolute atomic E-state index is 14.6. The van der Waals surface area contributed by atoms with Crippen molar-refractivity contribution in [3.63, 3.8) is 0 Å². The van der Waals surface area contributed by atoms with E-state index >= 15 is 0 Å². The molecule has 2 aromatic heterocycles. The van der Waals surface area contributed by atoms with E-state index in [0.717, 1.165) is 38.0 Å². The second-order valence-electron chi connectivity index (χ2n) is 8.21. The van der Waals surface area contributed by atoms with Crippen molar-refractivity contribution in [3.05, 3.63) is 54.0 Å². The van der Waals surface area contributed by atoms with Crippen LogP contribution in [-0.2, 0) is 7.05 Å². The zero-order chi connectivity index (χ0) is 21.5. The molecular formula is C22H25FN8. The van der Waals surface area contributed by atoms with E-state index in [1.165, 1.54) is 25.2 Å². The molecule has 1 aliphatic heterocycles. The van der Waals surface area contributed by atoms with Gasteiger partial charge in [0.2, 0.25) is 0 Å². The van der Waals surface area contributed by atoms with Gasteiger partial charge in [0.25, 0.3) is 0 Å². The zero-order valence-corrected chi connectivity index (χ0v) is 17.4. The SMILES string of the molecule is Cn1cc(-c2cc(C(=N)c3cc(N4CCN(C5CC5)CC4)ncn3)c(N)cc2F)cn1. The van der Waals surface area contributed by atoms with E-state index in [4.69, 9.17) is 11.1 Å². The Labute approximate surface area is 180 Å². The van der Waals surface area contributed by atoms with Gasteiger partial charge in [0.15, 0.2) is 0 Å². The number of aromatic nitrogens is 4. The molecule has 0 bridgehead atoms. The van der Waals surface area contributed by atoms with E-state index < -0.39 is 5.82 Å².